The molecule has 1 saturated carbocycles. The Morgan fingerprint density at radius 2 is 2.00 bits per heavy atom. The Hall–Kier alpha value is -3.39. The normalized spacial score (nSPS) is 19.4. The molecular weight excluding hydrogens is 400 g/mol. The zero-order valence-corrected chi connectivity index (χ0v) is 18.8. The van der Waals surface area contributed by atoms with Gasteiger partial charge in [-0.25, -0.2) is 15.0 Å². The minimum Gasteiger partial charge on any atom is -0.367 e. The average molecular weight is 431 g/mol. The molecule has 32 heavy (non-hydrogen) atoms. The second kappa shape index (κ2) is 9.82. The van der Waals surface area contributed by atoms with Crippen LogP contribution in [0, 0.1) is 6.92 Å². The molecule has 1 aliphatic rings. The number of aliphatic imine (C=N–C) groups is 1. The SMILES string of the molecule is C/C=C(\C=NC)c1cccc(-c2ncc(-c3n[nH]c(C)n3)c(NC3CCC(N)CC3)n2)c1. The van der Waals surface area contributed by atoms with Crippen molar-refractivity contribution in [2.75, 3.05) is 12.4 Å². The van der Waals surface area contributed by atoms with Gasteiger partial charge in [0.2, 0.25) is 0 Å². The van der Waals surface area contributed by atoms with Gasteiger partial charge in [-0.1, -0.05) is 24.3 Å². The minimum atomic E-state index is 0.291. The van der Waals surface area contributed by atoms with Gasteiger partial charge >= 0.3 is 0 Å². The third-order valence-corrected chi connectivity index (χ3v) is 5.77. The zero-order valence-electron chi connectivity index (χ0n) is 18.8. The van der Waals surface area contributed by atoms with E-state index in [0.29, 0.717) is 23.7 Å². The smallest absolute Gasteiger partial charge is 0.186 e. The Labute approximate surface area is 188 Å². The number of rotatable bonds is 6. The van der Waals surface area contributed by atoms with E-state index in [4.69, 9.17) is 10.7 Å². The molecule has 4 N–H and O–H groups in total. The largest absolute Gasteiger partial charge is 0.367 e. The molecule has 1 fully saturated rings. The number of nitrogens with one attached hydrogen (secondary N) is 2. The molecule has 0 spiro atoms. The molecule has 2 heterocycles. The number of anilines is 1. The quantitative estimate of drug-likeness (QED) is 0.508. The maximum Gasteiger partial charge on any atom is 0.186 e. The number of hydrogen-bond acceptors (Lipinski definition) is 7. The second-order valence-corrected chi connectivity index (χ2v) is 8.17. The molecule has 3 aromatic rings. The maximum atomic E-state index is 6.09. The molecule has 0 saturated heterocycles. The molecule has 1 aliphatic carbocycles. The van der Waals surface area contributed by atoms with Gasteiger partial charge in [0, 0.05) is 37.1 Å². The van der Waals surface area contributed by atoms with E-state index in [1.807, 2.05) is 38.3 Å². The van der Waals surface area contributed by atoms with Crippen molar-refractivity contribution < 1.29 is 0 Å². The molecule has 0 radical (unpaired) electrons. The van der Waals surface area contributed by atoms with E-state index in [-0.39, 0.29) is 0 Å². The monoisotopic (exact) mass is 430 g/mol. The fourth-order valence-electron chi connectivity index (χ4n) is 4.01. The Morgan fingerprint density at radius 3 is 2.69 bits per heavy atom. The zero-order chi connectivity index (χ0) is 22.5. The van der Waals surface area contributed by atoms with Gasteiger partial charge < -0.3 is 11.1 Å². The summed E-state index contributed by atoms with van der Waals surface area (Å²) in [5, 5.41) is 10.9. The van der Waals surface area contributed by atoms with Crippen LogP contribution < -0.4 is 11.1 Å². The predicted octanol–water partition coefficient (Wildman–Crippen LogP) is 4.02. The van der Waals surface area contributed by atoms with Crippen LogP contribution in [0.5, 0.6) is 0 Å². The van der Waals surface area contributed by atoms with Crippen molar-refractivity contribution >= 4 is 17.6 Å². The van der Waals surface area contributed by atoms with Crippen LogP contribution in [0.4, 0.5) is 5.82 Å². The molecule has 0 amide bonds. The van der Waals surface area contributed by atoms with E-state index in [1.54, 1.807) is 13.2 Å². The number of nitrogens with two attached hydrogens (primary N) is 1. The van der Waals surface area contributed by atoms with Crippen molar-refractivity contribution in [2.45, 2.75) is 51.6 Å². The lowest BCUT2D eigenvalue weighted by Crippen LogP contribution is -2.33. The summed E-state index contributed by atoms with van der Waals surface area (Å²) in [6.07, 6.45) is 9.76. The van der Waals surface area contributed by atoms with Crippen molar-refractivity contribution in [2.24, 2.45) is 10.7 Å². The topological polar surface area (TPSA) is 118 Å². The first-order chi connectivity index (χ1) is 15.6. The number of allylic oxidation sites excluding steroid dienone is 2. The summed E-state index contributed by atoms with van der Waals surface area (Å²) in [6, 6.07) is 8.80. The minimum absolute atomic E-state index is 0.291. The Bertz CT molecular complexity index is 1120. The molecule has 8 heteroatoms. The van der Waals surface area contributed by atoms with Gasteiger partial charge in [-0.3, -0.25) is 10.1 Å². The first-order valence-electron chi connectivity index (χ1n) is 11.0. The first-order valence-corrected chi connectivity index (χ1v) is 11.0. The standard InChI is InChI=1S/C24H30N8/c1-4-16(13-26-3)17-6-5-7-18(12-17)22-27-14-21(24-28-15(2)31-32-24)23(30-22)29-20-10-8-19(25)9-11-20/h4-7,12-14,19-20H,8-11,25H2,1-3H3,(H,27,29,30)(H,28,31,32)/b16-4+,26-13?. The van der Waals surface area contributed by atoms with Gasteiger partial charge in [0.15, 0.2) is 11.6 Å². The van der Waals surface area contributed by atoms with Crippen LogP contribution in [-0.4, -0.2) is 50.5 Å². The third kappa shape index (κ3) is 4.91. The van der Waals surface area contributed by atoms with Crippen molar-refractivity contribution in [3.05, 3.63) is 47.9 Å². The summed E-state index contributed by atoms with van der Waals surface area (Å²) >= 11 is 0. The number of hydrogen-bond donors (Lipinski definition) is 3. The van der Waals surface area contributed by atoms with E-state index in [2.05, 4.69) is 42.6 Å². The van der Waals surface area contributed by atoms with E-state index >= 15 is 0 Å². The Balaban J connectivity index is 1.71. The van der Waals surface area contributed by atoms with Crippen LogP contribution >= 0.6 is 0 Å². The van der Waals surface area contributed by atoms with Gasteiger partial charge in [0.05, 0.1) is 5.56 Å². The van der Waals surface area contributed by atoms with Crippen LogP contribution in [0.15, 0.2) is 41.5 Å². The van der Waals surface area contributed by atoms with Gasteiger partial charge in [-0.15, -0.1) is 0 Å². The Morgan fingerprint density at radius 1 is 1.19 bits per heavy atom. The predicted molar refractivity (Wildman–Crippen MR) is 130 cm³/mol. The highest BCUT2D eigenvalue weighted by Gasteiger charge is 2.22. The van der Waals surface area contributed by atoms with Crippen molar-refractivity contribution in [3.63, 3.8) is 0 Å². The molecule has 4 rings (SSSR count). The maximum absolute atomic E-state index is 6.09. The van der Waals surface area contributed by atoms with E-state index in [1.165, 1.54) is 0 Å². The number of benzene rings is 1. The van der Waals surface area contributed by atoms with Crippen molar-refractivity contribution in [3.8, 4) is 22.8 Å². The summed E-state index contributed by atoms with van der Waals surface area (Å²) in [5.74, 6) is 2.75. The molecule has 1 aromatic carbocycles. The molecule has 166 valence electrons. The number of aromatic amines is 1. The summed E-state index contributed by atoms with van der Waals surface area (Å²) in [5.41, 5.74) is 9.95. The second-order valence-electron chi connectivity index (χ2n) is 8.17. The van der Waals surface area contributed by atoms with Crippen LogP contribution in [0.3, 0.4) is 0 Å². The van der Waals surface area contributed by atoms with Crippen LogP contribution in [-0.2, 0) is 0 Å². The van der Waals surface area contributed by atoms with E-state index < -0.39 is 0 Å². The highest BCUT2D eigenvalue weighted by Crippen LogP contribution is 2.29. The Kier molecular flexibility index (Phi) is 6.70. The van der Waals surface area contributed by atoms with Crippen molar-refractivity contribution in [1.29, 1.82) is 0 Å². The number of nitrogens with zero attached hydrogens (tertiary/aromatic N) is 5. The number of aromatic nitrogens is 5. The van der Waals surface area contributed by atoms with Crippen molar-refractivity contribution in [1.82, 2.24) is 25.1 Å². The van der Waals surface area contributed by atoms with Gasteiger partial charge in [0.1, 0.15) is 11.6 Å². The number of H-pyrrole nitrogens is 1. The molecule has 2 aromatic heterocycles. The van der Waals surface area contributed by atoms with Gasteiger partial charge in [0.25, 0.3) is 0 Å². The third-order valence-electron chi connectivity index (χ3n) is 5.77. The lowest BCUT2D eigenvalue weighted by Gasteiger charge is -2.27. The number of aryl methyl sites for hydroxylation is 1. The van der Waals surface area contributed by atoms with Crippen LogP contribution in [0.25, 0.3) is 28.3 Å². The lowest BCUT2D eigenvalue weighted by atomic mass is 9.92. The molecule has 0 atom stereocenters. The average Bonchev–Trinajstić information content (AvgIpc) is 3.25. The summed E-state index contributed by atoms with van der Waals surface area (Å²) in [4.78, 5) is 18.2. The summed E-state index contributed by atoms with van der Waals surface area (Å²) in [7, 11) is 1.77. The first kappa shape index (κ1) is 21.8. The fourth-order valence-corrected chi connectivity index (χ4v) is 4.01. The van der Waals surface area contributed by atoms with Crippen LogP contribution in [0.2, 0.25) is 0 Å². The highest BCUT2D eigenvalue weighted by molar-refractivity contribution is 6.09. The highest BCUT2D eigenvalue weighted by atomic mass is 15.2. The van der Waals surface area contributed by atoms with Crippen LogP contribution in [0.1, 0.15) is 44.0 Å². The lowest BCUT2D eigenvalue weighted by molar-refractivity contribution is 0.410. The van der Waals surface area contributed by atoms with Gasteiger partial charge in [-0.05, 0) is 56.7 Å². The molecule has 8 nitrogen and oxygen atoms in total. The fraction of sp³-hybridized carbons (Fsp3) is 0.375. The summed E-state index contributed by atoms with van der Waals surface area (Å²) < 4.78 is 0. The molecule has 0 bridgehead atoms. The molecular formula is C24H30N8. The van der Waals surface area contributed by atoms with E-state index in [0.717, 1.165) is 59.6 Å². The molecule has 0 aliphatic heterocycles. The van der Waals surface area contributed by atoms with Gasteiger partial charge in [-0.2, -0.15) is 5.10 Å². The summed E-state index contributed by atoms with van der Waals surface area (Å²) in [6.45, 7) is 3.89. The molecule has 0 unspecified atom stereocenters. The van der Waals surface area contributed by atoms with E-state index in [9.17, 15) is 0 Å².